The van der Waals surface area contributed by atoms with Crippen LogP contribution in [0.5, 0.6) is 0 Å². The summed E-state index contributed by atoms with van der Waals surface area (Å²) in [5.41, 5.74) is -1.51. The number of nitrogens with one attached hydrogen (secondary N) is 2. The van der Waals surface area contributed by atoms with E-state index in [-0.39, 0.29) is 40.9 Å². The molecule has 0 bridgehead atoms. The van der Waals surface area contributed by atoms with Gasteiger partial charge in [-0.3, -0.25) is 4.79 Å². The number of aryl methyl sites for hydroxylation is 1. The number of anilines is 1. The molecule has 2 aromatic rings. The third kappa shape index (κ3) is 5.20. The van der Waals surface area contributed by atoms with Gasteiger partial charge in [0.05, 0.1) is 16.6 Å². The van der Waals surface area contributed by atoms with Crippen molar-refractivity contribution in [3.63, 3.8) is 0 Å². The first-order chi connectivity index (χ1) is 14.5. The quantitative estimate of drug-likeness (QED) is 0.571. The number of pyridine rings is 1. The number of fused-ring (bicyclic) bond motifs is 1. The van der Waals surface area contributed by atoms with Crippen LogP contribution in [0.3, 0.4) is 0 Å². The second-order valence-electron chi connectivity index (χ2n) is 7.95. The second-order valence-corrected chi connectivity index (χ2v) is 8.36. The molecule has 2 N–H and O–H groups in total. The molecule has 31 heavy (non-hydrogen) atoms. The zero-order valence-electron chi connectivity index (χ0n) is 16.9. The highest BCUT2D eigenvalue weighted by Gasteiger charge is 2.41. The molecular formula is C21H22ClF4N3O2. The van der Waals surface area contributed by atoms with Crippen molar-refractivity contribution in [3.05, 3.63) is 62.3 Å². The maximum Gasteiger partial charge on any atom is 0.417 e. The highest BCUT2D eigenvalue weighted by molar-refractivity contribution is 6.31. The minimum absolute atomic E-state index is 0.0370. The number of benzene rings is 1. The van der Waals surface area contributed by atoms with Gasteiger partial charge in [-0.05, 0) is 43.4 Å². The SMILES string of the molecule is CC(C)CN(C(=O)Nc1ccc(F)c(Cl)c1)[C@@H]1CCCc2[nH]c(=O)cc(C(F)(F)F)c21. The Hall–Kier alpha value is -2.55. The number of urea groups is 1. The highest BCUT2D eigenvalue weighted by atomic mass is 35.5. The molecule has 1 aromatic carbocycles. The summed E-state index contributed by atoms with van der Waals surface area (Å²) in [6.45, 7) is 3.87. The number of halogens is 5. The van der Waals surface area contributed by atoms with Crippen molar-refractivity contribution in [2.45, 2.75) is 45.3 Å². The topological polar surface area (TPSA) is 65.2 Å². The molecule has 5 nitrogen and oxygen atoms in total. The van der Waals surface area contributed by atoms with Crippen molar-refractivity contribution < 1.29 is 22.4 Å². The third-order valence-electron chi connectivity index (χ3n) is 5.08. The van der Waals surface area contributed by atoms with E-state index in [1.807, 2.05) is 13.8 Å². The van der Waals surface area contributed by atoms with E-state index in [0.29, 0.717) is 18.9 Å². The van der Waals surface area contributed by atoms with Gasteiger partial charge in [-0.15, -0.1) is 0 Å². The Morgan fingerprint density at radius 2 is 2.03 bits per heavy atom. The van der Waals surface area contributed by atoms with Gasteiger partial charge in [-0.25, -0.2) is 9.18 Å². The highest BCUT2D eigenvalue weighted by Crippen LogP contribution is 2.42. The number of nitrogens with zero attached hydrogens (tertiary/aromatic N) is 1. The lowest BCUT2D eigenvalue weighted by molar-refractivity contribution is -0.139. The fourth-order valence-electron chi connectivity index (χ4n) is 3.88. The van der Waals surface area contributed by atoms with E-state index in [1.165, 1.54) is 17.0 Å². The van der Waals surface area contributed by atoms with Crippen molar-refractivity contribution >= 4 is 23.3 Å². The van der Waals surface area contributed by atoms with E-state index in [4.69, 9.17) is 11.6 Å². The van der Waals surface area contributed by atoms with Gasteiger partial charge in [0.15, 0.2) is 0 Å². The molecule has 0 spiro atoms. The fourth-order valence-corrected chi connectivity index (χ4v) is 4.06. The first kappa shape index (κ1) is 23.1. The molecule has 168 valence electrons. The van der Waals surface area contributed by atoms with Gasteiger partial charge in [-0.1, -0.05) is 25.4 Å². The molecule has 0 radical (unpaired) electrons. The maximum absolute atomic E-state index is 13.8. The number of alkyl halides is 3. The minimum Gasteiger partial charge on any atom is -0.326 e. The maximum atomic E-state index is 13.8. The van der Waals surface area contributed by atoms with Crippen LogP contribution in [0.15, 0.2) is 29.1 Å². The second kappa shape index (κ2) is 8.90. The molecule has 0 saturated heterocycles. The summed E-state index contributed by atoms with van der Waals surface area (Å²) in [6, 6.07) is 2.68. The molecule has 1 atom stereocenters. The van der Waals surface area contributed by atoms with Gasteiger partial charge >= 0.3 is 12.2 Å². The Labute approximate surface area is 181 Å². The van der Waals surface area contributed by atoms with E-state index in [1.54, 1.807) is 0 Å². The minimum atomic E-state index is -4.74. The van der Waals surface area contributed by atoms with Gasteiger partial charge in [0.2, 0.25) is 5.56 Å². The first-order valence-electron chi connectivity index (χ1n) is 9.83. The van der Waals surface area contributed by atoms with Crippen molar-refractivity contribution in [3.8, 4) is 0 Å². The Bertz CT molecular complexity index is 1040. The molecule has 0 fully saturated rings. The van der Waals surface area contributed by atoms with E-state index < -0.39 is 35.2 Å². The number of amides is 2. The van der Waals surface area contributed by atoms with Gasteiger partial charge in [0, 0.05) is 29.6 Å². The van der Waals surface area contributed by atoms with E-state index in [9.17, 15) is 27.2 Å². The van der Waals surface area contributed by atoms with Crippen molar-refractivity contribution in [2.24, 2.45) is 5.92 Å². The lowest BCUT2D eigenvalue weighted by atomic mass is 9.86. The molecule has 1 aromatic heterocycles. The van der Waals surface area contributed by atoms with Gasteiger partial charge in [0.1, 0.15) is 5.82 Å². The smallest absolute Gasteiger partial charge is 0.326 e. The average Bonchev–Trinajstić information content (AvgIpc) is 2.67. The summed E-state index contributed by atoms with van der Waals surface area (Å²) in [4.78, 5) is 28.8. The van der Waals surface area contributed by atoms with Gasteiger partial charge in [0.25, 0.3) is 0 Å². The first-order valence-corrected chi connectivity index (χ1v) is 10.2. The molecule has 0 aliphatic heterocycles. The molecule has 2 amide bonds. The fraction of sp³-hybridized carbons (Fsp3) is 0.429. The lowest BCUT2D eigenvalue weighted by Crippen LogP contribution is -2.43. The molecule has 0 unspecified atom stereocenters. The number of aromatic amines is 1. The largest absolute Gasteiger partial charge is 0.417 e. The zero-order valence-corrected chi connectivity index (χ0v) is 17.7. The van der Waals surface area contributed by atoms with Crippen LogP contribution in [0, 0.1) is 11.7 Å². The molecule has 10 heteroatoms. The van der Waals surface area contributed by atoms with Crippen molar-refractivity contribution in [1.29, 1.82) is 0 Å². The third-order valence-corrected chi connectivity index (χ3v) is 5.37. The summed E-state index contributed by atoms with van der Waals surface area (Å²) < 4.78 is 54.7. The Balaban J connectivity index is 2.03. The van der Waals surface area contributed by atoms with Crippen LogP contribution in [0.25, 0.3) is 0 Å². The van der Waals surface area contributed by atoms with Crippen LogP contribution in [0.2, 0.25) is 5.02 Å². The summed E-state index contributed by atoms with van der Waals surface area (Å²) >= 11 is 5.76. The number of hydrogen-bond donors (Lipinski definition) is 2. The average molecular weight is 460 g/mol. The number of carbonyl (C=O) groups excluding carboxylic acids is 1. The van der Waals surface area contributed by atoms with E-state index in [2.05, 4.69) is 10.3 Å². The van der Waals surface area contributed by atoms with Crippen LogP contribution < -0.4 is 10.9 Å². The molecule has 1 heterocycles. The monoisotopic (exact) mass is 459 g/mol. The summed E-state index contributed by atoms with van der Waals surface area (Å²) in [5, 5.41) is 2.41. The molecule has 1 aliphatic rings. The molecular weight excluding hydrogens is 438 g/mol. The number of rotatable bonds is 4. The summed E-state index contributed by atoms with van der Waals surface area (Å²) in [6.07, 6.45) is -3.63. The predicted octanol–water partition coefficient (Wildman–Crippen LogP) is 5.75. The number of aromatic nitrogens is 1. The normalized spacial score (nSPS) is 16.2. The van der Waals surface area contributed by atoms with E-state index in [0.717, 1.165) is 6.07 Å². The number of H-pyrrole nitrogens is 1. The van der Waals surface area contributed by atoms with Gasteiger partial charge in [-0.2, -0.15) is 13.2 Å². The Kier molecular flexibility index (Phi) is 6.64. The Morgan fingerprint density at radius 3 is 2.65 bits per heavy atom. The zero-order chi connectivity index (χ0) is 22.9. The lowest BCUT2D eigenvalue weighted by Gasteiger charge is -2.38. The van der Waals surface area contributed by atoms with Crippen LogP contribution in [-0.4, -0.2) is 22.5 Å². The van der Waals surface area contributed by atoms with Crippen LogP contribution in [-0.2, 0) is 12.6 Å². The van der Waals surface area contributed by atoms with E-state index >= 15 is 0 Å². The van der Waals surface area contributed by atoms with Crippen LogP contribution in [0.1, 0.15) is 49.6 Å². The predicted molar refractivity (Wildman–Crippen MR) is 110 cm³/mol. The number of hydrogen-bond acceptors (Lipinski definition) is 2. The number of carbonyl (C=O) groups is 1. The molecule has 3 rings (SSSR count). The standard InChI is InChI=1S/C21H22ClF4N3O2/c1-11(2)10-29(20(31)27-12-6-7-15(23)14(22)8-12)17-5-3-4-16-19(17)13(21(24,25)26)9-18(30)28-16/h6-9,11,17H,3-5,10H2,1-2H3,(H,27,31)(H,28,30)/t17-/m1/s1. The Morgan fingerprint density at radius 1 is 1.32 bits per heavy atom. The summed E-state index contributed by atoms with van der Waals surface area (Å²) in [5.74, 6) is -0.691. The van der Waals surface area contributed by atoms with Crippen molar-refractivity contribution in [2.75, 3.05) is 11.9 Å². The molecule has 0 saturated carbocycles. The van der Waals surface area contributed by atoms with Crippen molar-refractivity contribution in [1.82, 2.24) is 9.88 Å². The van der Waals surface area contributed by atoms with Crippen LogP contribution >= 0.6 is 11.6 Å². The molecule has 1 aliphatic carbocycles. The summed E-state index contributed by atoms with van der Waals surface area (Å²) in [7, 11) is 0. The van der Waals surface area contributed by atoms with Crippen LogP contribution in [0.4, 0.5) is 28.0 Å². The van der Waals surface area contributed by atoms with Gasteiger partial charge < -0.3 is 15.2 Å².